The first-order chi connectivity index (χ1) is 12.0. The third kappa shape index (κ3) is 4.12. The first-order valence-electron chi connectivity index (χ1n) is 7.93. The highest BCUT2D eigenvalue weighted by atomic mass is 79.9. The Labute approximate surface area is 154 Å². The SMILES string of the molecule is Cc1ccccc1C(CC(=O)c1cnc(=O)[nH]c1)c1ccc(Br)cc1. The quantitative estimate of drug-likeness (QED) is 0.655. The summed E-state index contributed by atoms with van der Waals surface area (Å²) < 4.78 is 0.996. The molecule has 1 atom stereocenters. The molecule has 3 aromatic rings. The fourth-order valence-electron chi connectivity index (χ4n) is 2.88. The zero-order valence-electron chi connectivity index (χ0n) is 13.7. The van der Waals surface area contributed by atoms with Gasteiger partial charge >= 0.3 is 5.69 Å². The Hall–Kier alpha value is -2.53. The topological polar surface area (TPSA) is 62.8 Å². The smallest absolute Gasteiger partial charge is 0.312 e. The van der Waals surface area contributed by atoms with Crippen LogP contribution in [0.1, 0.15) is 39.4 Å². The maximum absolute atomic E-state index is 12.7. The van der Waals surface area contributed by atoms with Gasteiger partial charge in [0.15, 0.2) is 5.78 Å². The van der Waals surface area contributed by atoms with E-state index in [9.17, 15) is 9.59 Å². The maximum atomic E-state index is 12.7. The highest BCUT2D eigenvalue weighted by molar-refractivity contribution is 9.10. The number of hydrogen-bond donors (Lipinski definition) is 1. The number of carbonyl (C=O) groups is 1. The summed E-state index contributed by atoms with van der Waals surface area (Å²) in [5.74, 6) is -0.117. The number of H-pyrrole nitrogens is 1. The van der Waals surface area contributed by atoms with Crippen molar-refractivity contribution in [2.24, 2.45) is 0 Å². The molecule has 1 N–H and O–H groups in total. The van der Waals surface area contributed by atoms with Crippen LogP contribution in [0.4, 0.5) is 0 Å². The van der Waals surface area contributed by atoms with E-state index in [1.807, 2.05) is 49.4 Å². The summed E-state index contributed by atoms with van der Waals surface area (Å²) in [6.07, 6.45) is 3.06. The van der Waals surface area contributed by atoms with Crippen LogP contribution in [0.5, 0.6) is 0 Å². The van der Waals surface area contributed by atoms with E-state index < -0.39 is 5.69 Å². The molecule has 0 spiro atoms. The number of ketones is 1. The van der Waals surface area contributed by atoms with Crippen molar-refractivity contribution in [1.82, 2.24) is 9.97 Å². The van der Waals surface area contributed by atoms with Gasteiger partial charge in [-0.1, -0.05) is 52.3 Å². The van der Waals surface area contributed by atoms with Crippen molar-refractivity contribution in [3.63, 3.8) is 0 Å². The number of carbonyl (C=O) groups excluding carboxylic acids is 1. The third-order valence-corrected chi connectivity index (χ3v) is 4.75. The van der Waals surface area contributed by atoms with E-state index in [0.29, 0.717) is 12.0 Å². The Bertz CT molecular complexity index is 928. The minimum atomic E-state index is -0.458. The Kier molecular flexibility index (Phi) is 5.24. The van der Waals surface area contributed by atoms with E-state index in [-0.39, 0.29) is 11.7 Å². The van der Waals surface area contributed by atoms with Crippen molar-refractivity contribution in [2.75, 3.05) is 0 Å². The number of hydrogen-bond acceptors (Lipinski definition) is 3. The Morgan fingerprint density at radius 3 is 2.52 bits per heavy atom. The van der Waals surface area contributed by atoms with Gasteiger partial charge in [-0.15, -0.1) is 0 Å². The monoisotopic (exact) mass is 396 g/mol. The average molecular weight is 397 g/mol. The lowest BCUT2D eigenvalue weighted by Gasteiger charge is -2.19. The van der Waals surface area contributed by atoms with Crippen molar-refractivity contribution in [1.29, 1.82) is 0 Å². The highest BCUT2D eigenvalue weighted by Crippen LogP contribution is 2.32. The van der Waals surface area contributed by atoms with Gasteiger partial charge in [0, 0.05) is 29.2 Å². The Balaban J connectivity index is 1.98. The fourth-order valence-corrected chi connectivity index (χ4v) is 3.14. The minimum absolute atomic E-state index is 0.0556. The number of rotatable bonds is 5. The van der Waals surface area contributed by atoms with Crippen LogP contribution in [0.15, 0.2) is 70.2 Å². The number of nitrogens with one attached hydrogen (secondary N) is 1. The molecule has 0 aliphatic rings. The van der Waals surface area contributed by atoms with Crippen LogP contribution in [0, 0.1) is 6.92 Å². The molecule has 0 radical (unpaired) electrons. The van der Waals surface area contributed by atoms with Crippen LogP contribution in [0.25, 0.3) is 0 Å². The molecule has 1 heterocycles. The van der Waals surface area contributed by atoms with Gasteiger partial charge < -0.3 is 4.98 Å². The van der Waals surface area contributed by atoms with Gasteiger partial charge in [0.1, 0.15) is 0 Å². The van der Waals surface area contributed by atoms with Crippen LogP contribution in [-0.2, 0) is 0 Å². The summed E-state index contributed by atoms with van der Waals surface area (Å²) in [5.41, 5.74) is 3.29. The second-order valence-electron chi connectivity index (χ2n) is 5.90. The predicted molar refractivity (Wildman–Crippen MR) is 101 cm³/mol. The Morgan fingerprint density at radius 2 is 1.88 bits per heavy atom. The van der Waals surface area contributed by atoms with Gasteiger partial charge in [-0.2, -0.15) is 0 Å². The van der Waals surface area contributed by atoms with Gasteiger partial charge in [-0.05, 0) is 35.7 Å². The van der Waals surface area contributed by atoms with Crippen molar-refractivity contribution in [2.45, 2.75) is 19.3 Å². The number of nitrogens with zero attached hydrogens (tertiary/aromatic N) is 1. The number of aromatic nitrogens is 2. The van der Waals surface area contributed by atoms with E-state index in [0.717, 1.165) is 21.2 Å². The third-order valence-electron chi connectivity index (χ3n) is 4.22. The van der Waals surface area contributed by atoms with E-state index in [1.54, 1.807) is 0 Å². The second kappa shape index (κ2) is 7.57. The van der Waals surface area contributed by atoms with Crippen LogP contribution in [0.2, 0.25) is 0 Å². The lowest BCUT2D eigenvalue weighted by molar-refractivity contribution is 0.0977. The van der Waals surface area contributed by atoms with Crippen molar-refractivity contribution in [3.8, 4) is 0 Å². The summed E-state index contributed by atoms with van der Waals surface area (Å²) in [5, 5.41) is 0. The van der Waals surface area contributed by atoms with Gasteiger partial charge in [0.25, 0.3) is 0 Å². The molecule has 1 unspecified atom stereocenters. The highest BCUT2D eigenvalue weighted by Gasteiger charge is 2.21. The van der Waals surface area contributed by atoms with Gasteiger partial charge in [-0.25, -0.2) is 9.78 Å². The zero-order valence-corrected chi connectivity index (χ0v) is 15.3. The van der Waals surface area contributed by atoms with Crippen molar-refractivity contribution < 1.29 is 4.79 Å². The molecule has 25 heavy (non-hydrogen) atoms. The van der Waals surface area contributed by atoms with Gasteiger partial charge in [0.05, 0.1) is 5.56 Å². The molecule has 0 aliphatic carbocycles. The second-order valence-corrected chi connectivity index (χ2v) is 6.81. The molecule has 0 amide bonds. The lowest BCUT2D eigenvalue weighted by Crippen LogP contribution is -2.14. The van der Waals surface area contributed by atoms with Crippen LogP contribution < -0.4 is 5.69 Å². The first-order valence-corrected chi connectivity index (χ1v) is 8.73. The van der Waals surface area contributed by atoms with Crippen LogP contribution >= 0.6 is 15.9 Å². The molecule has 2 aromatic carbocycles. The van der Waals surface area contributed by atoms with Gasteiger partial charge in [-0.3, -0.25) is 4.79 Å². The van der Waals surface area contributed by atoms with E-state index in [2.05, 4.69) is 32.0 Å². The maximum Gasteiger partial charge on any atom is 0.344 e. The predicted octanol–water partition coefficient (Wildman–Crippen LogP) is 4.25. The number of Topliss-reactive ketones (excluding diaryl/α,β-unsaturated/α-hetero) is 1. The molecule has 126 valence electrons. The Morgan fingerprint density at radius 1 is 1.16 bits per heavy atom. The summed E-state index contributed by atoms with van der Waals surface area (Å²) >= 11 is 3.45. The summed E-state index contributed by atoms with van der Waals surface area (Å²) in [6, 6.07) is 16.1. The molecule has 3 rings (SSSR count). The fraction of sp³-hybridized carbons (Fsp3) is 0.150. The molecular formula is C20H17BrN2O2. The van der Waals surface area contributed by atoms with E-state index >= 15 is 0 Å². The molecule has 0 aliphatic heterocycles. The zero-order chi connectivity index (χ0) is 17.8. The van der Waals surface area contributed by atoms with Crippen molar-refractivity contribution in [3.05, 3.63) is 98.1 Å². The number of halogens is 1. The standard InChI is InChI=1S/C20H17BrN2O2/c1-13-4-2-3-5-17(13)18(14-6-8-16(21)9-7-14)10-19(24)15-11-22-20(25)23-12-15/h2-9,11-12,18H,10H2,1H3,(H,22,23,25). The molecule has 0 saturated carbocycles. The minimum Gasteiger partial charge on any atom is -0.312 e. The molecule has 5 heteroatoms. The molecule has 0 saturated heterocycles. The molecule has 4 nitrogen and oxygen atoms in total. The van der Waals surface area contributed by atoms with Crippen molar-refractivity contribution >= 4 is 21.7 Å². The average Bonchev–Trinajstić information content (AvgIpc) is 2.62. The van der Waals surface area contributed by atoms with Crippen LogP contribution in [0.3, 0.4) is 0 Å². The summed E-state index contributed by atoms with van der Waals surface area (Å²) in [4.78, 5) is 29.9. The largest absolute Gasteiger partial charge is 0.344 e. The van der Waals surface area contributed by atoms with Crippen LogP contribution in [-0.4, -0.2) is 15.8 Å². The van der Waals surface area contributed by atoms with E-state index in [4.69, 9.17) is 0 Å². The van der Waals surface area contributed by atoms with E-state index in [1.165, 1.54) is 12.4 Å². The molecule has 0 bridgehead atoms. The van der Waals surface area contributed by atoms with Gasteiger partial charge in [0.2, 0.25) is 0 Å². The summed E-state index contributed by atoms with van der Waals surface area (Å²) in [6.45, 7) is 2.05. The number of aryl methyl sites for hydroxylation is 1. The lowest BCUT2D eigenvalue weighted by atomic mass is 9.84. The molecule has 0 fully saturated rings. The normalized spacial score (nSPS) is 11.9. The number of aromatic amines is 1. The molecular weight excluding hydrogens is 380 g/mol. The first kappa shape index (κ1) is 17.3. The number of benzene rings is 2. The molecule has 1 aromatic heterocycles. The summed E-state index contributed by atoms with van der Waals surface area (Å²) in [7, 11) is 0.